The molecule has 0 saturated heterocycles. The zero-order chi connectivity index (χ0) is 11.0. The molecule has 2 unspecified atom stereocenters. The van der Waals surface area contributed by atoms with Crippen LogP contribution in [0, 0.1) is 17.8 Å². The largest absolute Gasteiger partial charge is 0.300 e. The topological polar surface area (TPSA) is 17.1 Å². The first-order valence-electron chi connectivity index (χ1n) is 6.07. The molecule has 0 aromatic heterocycles. The molecule has 2 aliphatic rings. The highest BCUT2D eigenvalue weighted by atomic mass is 16.1. The lowest BCUT2D eigenvalue weighted by molar-refractivity contribution is -0.118. The predicted octanol–water partition coefficient (Wildman–Crippen LogP) is 3.01. The van der Waals surface area contributed by atoms with Crippen LogP contribution in [0.15, 0.2) is 42.5 Å². The predicted molar refractivity (Wildman–Crippen MR) is 64.0 cm³/mol. The molecule has 2 atom stereocenters. The minimum atomic E-state index is 0.475. The lowest BCUT2D eigenvalue weighted by Crippen LogP contribution is -1.95. The third kappa shape index (κ3) is 1.82. The number of fused-ring (bicyclic) bond motifs is 1. The Morgan fingerprint density at radius 3 is 2.50 bits per heavy atom. The molecule has 0 N–H and O–H groups in total. The summed E-state index contributed by atoms with van der Waals surface area (Å²) < 4.78 is 0. The Balaban J connectivity index is 1.52. The number of hydrogen-bond donors (Lipinski definition) is 0. The van der Waals surface area contributed by atoms with Gasteiger partial charge in [0.05, 0.1) is 0 Å². The van der Waals surface area contributed by atoms with Gasteiger partial charge in [0, 0.05) is 12.8 Å². The number of allylic oxidation sites excluding steroid dienone is 2. The van der Waals surface area contributed by atoms with E-state index in [0.717, 1.165) is 19.3 Å². The van der Waals surface area contributed by atoms with Crippen molar-refractivity contribution in [1.29, 1.82) is 0 Å². The Labute approximate surface area is 96.2 Å². The molecule has 2 aliphatic carbocycles. The molecule has 0 aliphatic heterocycles. The number of Topliss-reactive ketones (excluding diaryl/α,β-unsaturated/α-hetero) is 1. The fourth-order valence-electron chi connectivity index (χ4n) is 2.92. The van der Waals surface area contributed by atoms with Gasteiger partial charge in [-0.05, 0) is 29.7 Å². The van der Waals surface area contributed by atoms with Crippen molar-refractivity contribution in [1.82, 2.24) is 0 Å². The first-order chi connectivity index (χ1) is 7.84. The summed E-state index contributed by atoms with van der Waals surface area (Å²) in [5.74, 6) is 2.57. The second-order valence-corrected chi connectivity index (χ2v) is 4.97. The van der Waals surface area contributed by atoms with Crippen LogP contribution >= 0.6 is 0 Å². The molecule has 3 rings (SSSR count). The van der Waals surface area contributed by atoms with E-state index in [0.29, 0.717) is 23.5 Å². The van der Waals surface area contributed by atoms with Crippen LogP contribution in [0.25, 0.3) is 0 Å². The summed E-state index contributed by atoms with van der Waals surface area (Å²) in [5.41, 5.74) is 1.36. The van der Waals surface area contributed by atoms with Gasteiger partial charge in [-0.3, -0.25) is 4.79 Å². The molecular weight excluding hydrogens is 196 g/mol. The van der Waals surface area contributed by atoms with E-state index in [4.69, 9.17) is 0 Å². The maximum Gasteiger partial charge on any atom is 0.133 e. The third-order valence-corrected chi connectivity index (χ3v) is 3.88. The van der Waals surface area contributed by atoms with Gasteiger partial charge in [0.1, 0.15) is 5.78 Å². The van der Waals surface area contributed by atoms with Gasteiger partial charge in [-0.2, -0.15) is 0 Å². The lowest BCUT2D eigenvalue weighted by Gasteiger charge is -1.96. The van der Waals surface area contributed by atoms with Gasteiger partial charge in [-0.1, -0.05) is 42.5 Å². The summed E-state index contributed by atoms with van der Waals surface area (Å²) in [6.45, 7) is 0. The molecule has 0 spiro atoms. The van der Waals surface area contributed by atoms with E-state index in [-0.39, 0.29) is 0 Å². The van der Waals surface area contributed by atoms with Crippen molar-refractivity contribution in [2.75, 3.05) is 0 Å². The summed E-state index contributed by atoms with van der Waals surface area (Å²) in [6.07, 6.45) is 7.29. The van der Waals surface area contributed by atoms with Crippen LogP contribution in [-0.4, -0.2) is 5.78 Å². The van der Waals surface area contributed by atoms with Crippen LogP contribution in [0.1, 0.15) is 18.4 Å². The van der Waals surface area contributed by atoms with E-state index in [1.165, 1.54) is 5.56 Å². The molecule has 1 aromatic rings. The van der Waals surface area contributed by atoms with E-state index in [9.17, 15) is 4.79 Å². The average Bonchev–Trinajstić information content (AvgIpc) is 2.77. The summed E-state index contributed by atoms with van der Waals surface area (Å²) in [6, 6.07) is 10.5. The lowest BCUT2D eigenvalue weighted by atomic mass is 10.1. The van der Waals surface area contributed by atoms with Crippen molar-refractivity contribution in [2.45, 2.75) is 19.3 Å². The molecule has 0 bridgehead atoms. The first-order valence-corrected chi connectivity index (χ1v) is 6.07. The minimum Gasteiger partial charge on any atom is -0.300 e. The van der Waals surface area contributed by atoms with Crippen LogP contribution in [0.5, 0.6) is 0 Å². The first kappa shape index (κ1) is 9.83. The van der Waals surface area contributed by atoms with E-state index >= 15 is 0 Å². The van der Waals surface area contributed by atoms with Crippen molar-refractivity contribution in [3.63, 3.8) is 0 Å². The SMILES string of the molecule is O=C1CC2C(/C=C/Cc3ccccc3)C2C1. The Bertz CT molecular complexity index is 404. The molecule has 0 heterocycles. The normalized spacial score (nSPS) is 32.0. The zero-order valence-electron chi connectivity index (χ0n) is 9.30. The molecule has 0 amide bonds. The molecule has 0 radical (unpaired) electrons. The fraction of sp³-hybridized carbons (Fsp3) is 0.400. The Morgan fingerprint density at radius 2 is 1.81 bits per heavy atom. The summed E-state index contributed by atoms with van der Waals surface area (Å²) in [7, 11) is 0. The van der Waals surface area contributed by atoms with Crippen LogP contribution in [0.2, 0.25) is 0 Å². The van der Waals surface area contributed by atoms with Crippen LogP contribution in [-0.2, 0) is 11.2 Å². The molecule has 82 valence electrons. The van der Waals surface area contributed by atoms with Crippen molar-refractivity contribution in [2.24, 2.45) is 17.8 Å². The van der Waals surface area contributed by atoms with E-state index in [1.54, 1.807) is 0 Å². The second kappa shape index (κ2) is 3.89. The maximum atomic E-state index is 11.1. The quantitative estimate of drug-likeness (QED) is 0.704. The van der Waals surface area contributed by atoms with Crippen molar-refractivity contribution in [3.8, 4) is 0 Å². The molecule has 16 heavy (non-hydrogen) atoms. The smallest absolute Gasteiger partial charge is 0.133 e. The summed E-state index contributed by atoms with van der Waals surface area (Å²) in [5, 5.41) is 0. The number of hydrogen-bond acceptors (Lipinski definition) is 1. The van der Waals surface area contributed by atoms with Crippen LogP contribution in [0.3, 0.4) is 0 Å². The van der Waals surface area contributed by atoms with Crippen LogP contribution in [0.4, 0.5) is 0 Å². The van der Waals surface area contributed by atoms with Crippen molar-refractivity contribution >= 4 is 5.78 Å². The van der Waals surface area contributed by atoms with E-state index in [1.807, 2.05) is 6.07 Å². The molecular formula is C15H16O. The average molecular weight is 212 g/mol. The molecule has 1 heteroatoms. The maximum absolute atomic E-state index is 11.1. The van der Waals surface area contributed by atoms with Gasteiger partial charge in [0.15, 0.2) is 0 Å². The number of rotatable bonds is 3. The highest BCUT2D eigenvalue weighted by Gasteiger charge is 2.54. The Hall–Kier alpha value is -1.37. The van der Waals surface area contributed by atoms with Gasteiger partial charge in [0.2, 0.25) is 0 Å². The zero-order valence-corrected chi connectivity index (χ0v) is 9.30. The Kier molecular flexibility index (Phi) is 2.39. The highest BCUT2D eigenvalue weighted by Crippen LogP contribution is 2.56. The van der Waals surface area contributed by atoms with Crippen molar-refractivity contribution < 1.29 is 4.79 Å². The minimum absolute atomic E-state index is 0.475. The standard InChI is InChI=1S/C15H16O/c16-12-9-14-13(15(14)10-12)8-4-7-11-5-2-1-3-6-11/h1-6,8,13-15H,7,9-10H2/b8-4+. The number of benzene rings is 1. The summed E-state index contributed by atoms with van der Waals surface area (Å²) in [4.78, 5) is 11.1. The van der Waals surface area contributed by atoms with Gasteiger partial charge < -0.3 is 0 Å². The van der Waals surface area contributed by atoms with Crippen molar-refractivity contribution in [3.05, 3.63) is 48.0 Å². The molecule has 1 aromatic carbocycles. The van der Waals surface area contributed by atoms with Gasteiger partial charge in [-0.25, -0.2) is 0 Å². The van der Waals surface area contributed by atoms with Crippen LogP contribution < -0.4 is 0 Å². The molecule has 2 fully saturated rings. The number of carbonyl (C=O) groups excluding carboxylic acids is 1. The fourth-order valence-corrected chi connectivity index (χ4v) is 2.92. The van der Waals surface area contributed by atoms with E-state index < -0.39 is 0 Å². The number of carbonyl (C=O) groups is 1. The summed E-state index contributed by atoms with van der Waals surface area (Å²) >= 11 is 0. The highest BCUT2D eigenvalue weighted by molar-refractivity contribution is 5.83. The molecule has 1 nitrogen and oxygen atoms in total. The van der Waals surface area contributed by atoms with Gasteiger partial charge in [-0.15, -0.1) is 0 Å². The Morgan fingerprint density at radius 1 is 1.12 bits per heavy atom. The van der Waals surface area contributed by atoms with E-state index in [2.05, 4.69) is 36.4 Å². The van der Waals surface area contributed by atoms with Gasteiger partial charge in [0.25, 0.3) is 0 Å². The van der Waals surface area contributed by atoms with Gasteiger partial charge >= 0.3 is 0 Å². The monoisotopic (exact) mass is 212 g/mol. The molecule has 2 saturated carbocycles. The number of ketones is 1. The third-order valence-electron chi connectivity index (χ3n) is 3.88. The second-order valence-electron chi connectivity index (χ2n) is 4.97.